The molecule has 0 amide bonds. The topological polar surface area (TPSA) is 78.9 Å². The molecule has 0 bridgehead atoms. The van der Waals surface area contributed by atoms with Gasteiger partial charge in [-0.15, -0.1) is 0 Å². The van der Waals surface area contributed by atoms with Crippen LogP contribution in [0.1, 0.15) is 36.6 Å². The fraction of sp³-hybridized carbons (Fsp3) is 0.167. The minimum absolute atomic E-state index is 0.0163. The Hall–Kier alpha value is -3.15. The molecule has 0 atom stereocenters. The smallest absolute Gasteiger partial charge is 0.338 e. The predicted octanol–water partition coefficient (Wildman–Crippen LogP) is 2.62. The van der Waals surface area contributed by atoms with Gasteiger partial charge in [0.05, 0.1) is 30.9 Å². The minimum Gasteiger partial charge on any atom is -0.465 e. The molecular formula is C18H16O6. The van der Waals surface area contributed by atoms with Gasteiger partial charge in [-0.2, -0.15) is 0 Å². The number of ether oxygens (including phenoxy) is 3. The monoisotopic (exact) mass is 328 g/mol. The van der Waals surface area contributed by atoms with Crippen LogP contribution in [-0.2, 0) is 20.8 Å². The number of hydrogen-bond acceptors (Lipinski definition) is 6. The van der Waals surface area contributed by atoms with E-state index in [2.05, 4.69) is 9.47 Å². The number of rotatable bonds is 5. The predicted molar refractivity (Wildman–Crippen MR) is 84.7 cm³/mol. The van der Waals surface area contributed by atoms with E-state index < -0.39 is 17.9 Å². The van der Waals surface area contributed by atoms with Gasteiger partial charge in [0.2, 0.25) is 0 Å². The Morgan fingerprint density at radius 1 is 0.750 bits per heavy atom. The first-order valence-electron chi connectivity index (χ1n) is 7.08. The average Bonchev–Trinajstić information content (AvgIpc) is 2.65. The summed E-state index contributed by atoms with van der Waals surface area (Å²) in [4.78, 5) is 34.8. The van der Waals surface area contributed by atoms with Crippen LogP contribution in [0.2, 0.25) is 0 Å². The maximum absolute atomic E-state index is 12.0. The molecule has 0 heterocycles. The third-order valence-corrected chi connectivity index (χ3v) is 3.26. The van der Waals surface area contributed by atoms with E-state index in [0.717, 1.165) is 0 Å². The quantitative estimate of drug-likeness (QED) is 0.620. The first-order valence-corrected chi connectivity index (χ1v) is 7.08. The highest BCUT2D eigenvalue weighted by Crippen LogP contribution is 2.11. The van der Waals surface area contributed by atoms with E-state index >= 15 is 0 Å². The number of carbonyl (C=O) groups excluding carboxylic acids is 3. The SMILES string of the molecule is COC(=O)c1ccc(C(=O)OCc2cccc(C(=O)OC)c2)cc1. The summed E-state index contributed by atoms with van der Waals surface area (Å²) in [5, 5.41) is 0. The normalized spacial score (nSPS) is 9.92. The molecule has 6 nitrogen and oxygen atoms in total. The Labute approximate surface area is 139 Å². The molecule has 2 rings (SSSR count). The Bertz CT molecular complexity index is 748. The van der Waals surface area contributed by atoms with Crippen molar-refractivity contribution in [2.75, 3.05) is 14.2 Å². The second kappa shape index (κ2) is 7.92. The van der Waals surface area contributed by atoms with E-state index in [1.54, 1.807) is 24.3 Å². The number of esters is 3. The lowest BCUT2D eigenvalue weighted by Gasteiger charge is -2.07. The van der Waals surface area contributed by atoms with Crippen molar-refractivity contribution < 1.29 is 28.6 Å². The van der Waals surface area contributed by atoms with Crippen LogP contribution in [0.4, 0.5) is 0 Å². The molecule has 2 aromatic rings. The van der Waals surface area contributed by atoms with Crippen molar-refractivity contribution in [3.05, 3.63) is 70.8 Å². The molecule has 0 aliphatic carbocycles. The van der Waals surface area contributed by atoms with E-state index in [4.69, 9.17) is 4.74 Å². The van der Waals surface area contributed by atoms with Crippen molar-refractivity contribution in [2.45, 2.75) is 6.61 Å². The number of methoxy groups -OCH3 is 2. The van der Waals surface area contributed by atoms with Gasteiger partial charge in [-0.05, 0) is 42.0 Å². The maximum atomic E-state index is 12.0. The first-order chi connectivity index (χ1) is 11.5. The number of benzene rings is 2. The summed E-state index contributed by atoms with van der Waals surface area (Å²) in [6.07, 6.45) is 0. The first kappa shape index (κ1) is 17.2. The van der Waals surface area contributed by atoms with Crippen LogP contribution in [0.3, 0.4) is 0 Å². The van der Waals surface area contributed by atoms with Gasteiger partial charge in [0.1, 0.15) is 6.61 Å². The Morgan fingerprint density at radius 3 is 1.88 bits per heavy atom. The number of carbonyl (C=O) groups is 3. The number of hydrogen-bond donors (Lipinski definition) is 0. The molecule has 0 fully saturated rings. The van der Waals surface area contributed by atoms with Crippen molar-refractivity contribution in [1.29, 1.82) is 0 Å². The third-order valence-electron chi connectivity index (χ3n) is 3.26. The Kier molecular flexibility index (Phi) is 5.68. The minimum atomic E-state index is -0.533. The lowest BCUT2D eigenvalue weighted by Crippen LogP contribution is -2.07. The molecule has 2 aromatic carbocycles. The lowest BCUT2D eigenvalue weighted by molar-refractivity contribution is 0.0471. The summed E-state index contributed by atoms with van der Waals surface area (Å²) in [5.41, 5.74) is 1.71. The van der Waals surface area contributed by atoms with Gasteiger partial charge in [-0.25, -0.2) is 14.4 Å². The molecular weight excluding hydrogens is 312 g/mol. The standard InChI is InChI=1S/C18H16O6/c1-22-16(19)13-6-8-14(9-7-13)18(21)24-11-12-4-3-5-15(10-12)17(20)23-2/h3-10H,11H2,1-2H3. The summed E-state index contributed by atoms with van der Waals surface area (Å²) in [7, 11) is 2.58. The van der Waals surface area contributed by atoms with Crippen molar-refractivity contribution in [3.8, 4) is 0 Å². The second-order valence-corrected chi connectivity index (χ2v) is 4.84. The zero-order chi connectivity index (χ0) is 17.5. The molecule has 0 N–H and O–H groups in total. The molecule has 24 heavy (non-hydrogen) atoms. The molecule has 0 aliphatic heterocycles. The van der Waals surface area contributed by atoms with Gasteiger partial charge in [0.15, 0.2) is 0 Å². The van der Waals surface area contributed by atoms with Crippen LogP contribution >= 0.6 is 0 Å². The summed E-state index contributed by atoms with van der Waals surface area (Å²) in [6.45, 7) is 0.0163. The summed E-state index contributed by atoms with van der Waals surface area (Å²) in [5.74, 6) is -1.47. The molecule has 0 radical (unpaired) electrons. The van der Waals surface area contributed by atoms with Crippen LogP contribution < -0.4 is 0 Å². The van der Waals surface area contributed by atoms with Crippen LogP contribution in [0, 0.1) is 0 Å². The molecule has 0 aromatic heterocycles. The van der Waals surface area contributed by atoms with Gasteiger partial charge in [-0.1, -0.05) is 12.1 Å². The highest BCUT2D eigenvalue weighted by Gasteiger charge is 2.11. The maximum Gasteiger partial charge on any atom is 0.338 e. The summed E-state index contributed by atoms with van der Waals surface area (Å²) < 4.78 is 14.4. The Balaban J connectivity index is 2.00. The third kappa shape index (κ3) is 4.19. The van der Waals surface area contributed by atoms with Gasteiger partial charge in [0.25, 0.3) is 0 Å². The molecule has 0 aliphatic rings. The molecule has 0 spiro atoms. The van der Waals surface area contributed by atoms with E-state index in [-0.39, 0.29) is 6.61 Å². The van der Waals surface area contributed by atoms with Crippen LogP contribution in [0.5, 0.6) is 0 Å². The van der Waals surface area contributed by atoms with Crippen molar-refractivity contribution in [2.24, 2.45) is 0 Å². The van der Waals surface area contributed by atoms with E-state index in [1.165, 1.54) is 38.5 Å². The average molecular weight is 328 g/mol. The van der Waals surface area contributed by atoms with Gasteiger partial charge in [-0.3, -0.25) is 0 Å². The van der Waals surface area contributed by atoms with Gasteiger partial charge < -0.3 is 14.2 Å². The van der Waals surface area contributed by atoms with Crippen molar-refractivity contribution in [3.63, 3.8) is 0 Å². The van der Waals surface area contributed by atoms with Crippen LogP contribution in [-0.4, -0.2) is 32.1 Å². The molecule has 0 saturated heterocycles. The highest BCUT2D eigenvalue weighted by molar-refractivity contribution is 5.93. The van der Waals surface area contributed by atoms with Gasteiger partial charge in [0, 0.05) is 0 Å². The molecule has 0 saturated carbocycles. The van der Waals surface area contributed by atoms with Gasteiger partial charge >= 0.3 is 17.9 Å². The zero-order valence-electron chi connectivity index (χ0n) is 13.3. The van der Waals surface area contributed by atoms with Crippen LogP contribution in [0.15, 0.2) is 48.5 Å². The largest absolute Gasteiger partial charge is 0.465 e. The van der Waals surface area contributed by atoms with E-state index in [9.17, 15) is 14.4 Å². The summed E-state index contributed by atoms with van der Waals surface area (Å²) in [6, 6.07) is 12.6. The fourth-order valence-electron chi connectivity index (χ4n) is 2.00. The molecule has 0 unspecified atom stereocenters. The summed E-state index contributed by atoms with van der Waals surface area (Å²) >= 11 is 0. The Morgan fingerprint density at radius 2 is 1.29 bits per heavy atom. The van der Waals surface area contributed by atoms with Crippen LogP contribution in [0.25, 0.3) is 0 Å². The molecule has 6 heteroatoms. The van der Waals surface area contributed by atoms with Crippen molar-refractivity contribution >= 4 is 17.9 Å². The highest BCUT2D eigenvalue weighted by atomic mass is 16.5. The molecule has 124 valence electrons. The van der Waals surface area contributed by atoms with Crippen molar-refractivity contribution in [1.82, 2.24) is 0 Å². The second-order valence-electron chi connectivity index (χ2n) is 4.84. The zero-order valence-corrected chi connectivity index (χ0v) is 13.3. The van der Waals surface area contributed by atoms with E-state index in [1.807, 2.05) is 0 Å². The fourth-order valence-corrected chi connectivity index (χ4v) is 2.00. The van der Waals surface area contributed by atoms with E-state index in [0.29, 0.717) is 22.3 Å². The lowest BCUT2D eigenvalue weighted by atomic mass is 10.1.